The number of anilines is 2. The van der Waals surface area contributed by atoms with E-state index in [4.69, 9.17) is 11.0 Å². The molecule has 0 saturated carbocycles. The van der Waals surface area contributed by atoms with Gasteiger partial charge >= 0.3 is 0 Å². The fourth-order valence-electron chi connectivity index (χ4n) is 4.48. The van der Waals surface area contributed by atoms with E-state index in [1.165, 1.54) is 23.5 Å². The molecule has 2 amide bonds. The first-order valence-electron chi connectivity index (χ1n) is 12.0. The summed E-state index contributed by atoms with van der Waals surface area (Å²) in [5, 5.41) is 21.2. The smallest absolute Gasteiger partial charge is 0.252 e. The number of likely N-dealkylation sites (N-methyl/N-ethyl adjacent to an activating group) is 1. The summed E-state index contributed by atoms with van der Waals surface area (Å²) >= 11 is 0. The van der Waals surface area contributed by atoms with E-state index >= 15 is 0 Å². The number of hydrogen-bond acceptors (Lipinski definition) is 9. The first-order valence-corrected chi connectivity index (χ1v) is 12.0. The lowest BCUT2D eigenvalue weighted by atomic mass is 10.1. The second-order valence-electron chi connectivity index (χ2n) is 9.59. The Labute approximate surface area is 218 Å². The van der Waals surface area contributed by atoms with Crippen LogP contribution in [-0.2, 0) is 11.3 Å². The number of aromatic nitrogens is 6. The molecule has 0 radical (unpaired) electrons. The van der Waals surface area contributed by atoms with E-state index in [1.807, 2.05) is 23.2 Å². The van der Waals surface area contributed by atoms with Crippen molar-refractivity contribution < 1.29 is 9.59 Å². The summed E-state index contributed by atoms with van der Waals surface area (Å²) in [5.74, 6) is 0.0974. The zero-order valence-corrected chi connectivity index (χ0v) is 21.2. The van der Waals surface area contributed by atoms with Crippen molar-refractivity contribution in [2.75, 3.05) is 37.4 Å². The summed E-state index contributed by atoms with van der Waals surface area (Å²) < 4.78 is 3.27. The third-order valence-corrected chi connectivity index (χ3v) is 6.66. The van der Waals surface area contributed by atoms with Crippen LogP contribution in [-0.4, -0.2) is 79.3 Å². The fourth-order valence-corrected chi connectivity index (χ4v) is 4.48. The zero-order chi connectivity index (χ0) is 27.0. The summed E-state index contributed by atoms with van der Waals surface area (Å²) in [6.45, 7) is 3.54. The minimum absolute atomic E-state index is 0.0308. The molecule has 4 aromatic rings. The Balaban J connectivity index is 1.43. The SMILES string of the molecule is C[C@@H]1CN(c2ncc(C#N)cn2)C[C@H]1Nc1c(C(N)=O)cnn2cc(-c3cnn(CC(=O)N(C)C)c3)cc12. The molecule has 0 aromatic carbocycles. The monoisotopic (exact) mass is 513 g/mol. The number of carbonyl (C=O) groups is 2. The van der Waals surface area contributed by atoms with Gasteiger partial charge in [0.1, 0.15) is 12.6 Å². The highest BCUT2D eigenvalue weighted by Crippen LogP contribution is 2.31. The topological polar surface area (TPSA) is 163 Å². The van der Waals surface area contributed by atoms with Gasteiger partial charge in [0.25, 0.3) is 5.91 Å². The van der Waals surface area contributed by atoms with Crippen LogP contribution in [0.2, 0.25) is 0 Å². The van der Waals surface area contributed by atoms with Crippen LogP contribution in [0.4, 0.5) is 11.6 Å². The third-order valence-electron chi connectivity index (χ3n) is 6.66. The van der Waals surface area contributed by atoms with Gasteiger partial charge in [-0.15, -0.1) is 0 Å². The molecule has 0 aliphatic carbocycles. The van der Waals surface area contributed by atoms with E-state index in [1.54, 1.807) is 35.7 Å². The minimum atomic E-state index is -0.585. The van der Waals surface area contributed by atoms with Gasteiger partial charge < -0.3 is 20.9 Å². The predicted octanol–water partition coefficient (Wildman–Crippen LogP) is 0.983. The zero-order valence-electron chi connectivity index (χ0n) is 21.2. The Kier molecular flexibility index (Phi) is 6.38. The lowest BCUT2D eigenvalue weighted by Crippen LogP contribution is -2.30. The highest BCUT2D eigenvalue weighted by atomic mass is 16.2. The van der Waals surface area contributed by atoms with Crippen LogP contribution < -0.4 is 16.0 Å². The number of nitriles is 1. The van der Waals surface area contributed by atoms with Gasteiger partial charge in [-0.05, 0) is 12.0 Å². The highest BCUT2D eigenvalue weighted by Gasteiger charge is 2.32. The van der Waals surface area contributed by atoms with E-state index in [0.29, 0.717) is 35.8 Å². The van der Waals surface area contributed by atoms with Gasteiger partial charge in [0.2, 0.25) is 11.9 Å². The number of amides is 2. The largest absolute Gasteiger partial charge is 0.378 e. The number of nitrogens with zero attached hydrogens (tertiary/aromatic N) is 9. The van der Waals surface area contributed by atoms with Gasteiger partial charge in [-0.2, -0.15) is 15.5 Å². The van der Waals surface area contributed by atoms with Crippen molar-refractivity contribution in [3.63, 3.8) is 0 Å². The molecule has 194 valence electrons. The van der Waals surface area contributed by atoms with Crippen molar-refractivity contribution in [1.82, 2.24) is 34.3 Å². The number of fused-ring (bicyclic) bond motifs is 1. The van der Waals surface area contributed by atoms with Gasteiger partial charge in [0.15, 0.2) is 0 Å². The molecule has 5 rings (SSSR count). The number of nitrogens with one attached hydrogen (secondary N) is 1. The average molecular weight is 514 g/mol. The van der Waals surface area contributed by atoms with E-state index in [0.717, 1.165) is 11.1 Å². The number of carbonyl (C=O) groups excluding carboxylic acids is 2. The van der Waals surface area contributed by atoms with Crippen molar-refractivity contribution in [1.29, 1.82) is 5.26 Å². The second-order valence-corrected chi connectivity index (χ2v) is 9.59. The van der Waals surface area contributed by atoms with Crippen molar-refractivity contribution in [3.05, 3.63) is 54.4 Å². The number of rotatable bonds is 7. The van der Waals surface area contributed by atoms with Gasteiger partial charge in [0, 0.05) is 56.7 Å². The molecule has 0 spiro atoms. The first-order chi connectivity index (χ1) is 18.2. The predicted molar refractivity (Wildman–Crippen MR) is 139 cm³/mol. The molecule has 5 heterocycles. The van der Waals surface area contributed by atoms with Crippen LogP contribution in [0.5, 0.6) is 0 Å². The van der Waals surface area contributed by atoms with E-state index in [2.05, 4.69) is 32.4 Å². The molecular weight excluding hydrogens is 486 g/mol. The van der Waals surface area contributed by atoms with Gasteiger partial charge in [0.05, 0.1) is 47.1 Å². The summed E-state index contributed by atoms with van der Waals surface area (Å²) in [5.41, 5.74) is 9.33. The normalized spacial score (nSPS) is 16.9. The number of primary amides is 1. The molecule has 1 fully saturated rings. The van der Waals surface area contributed by atoms with Crippen LogP contribution in [0.1, 0.15) is 22.8 Å². The quantitative estimate of drug-likeness (QED) is 0.367. The van der Waals surface area contributed by atoms with Crippen molar-refractivity contribution >= 4 is 29.0 Å². The van der Waals surface area contributed by atoms with Crippen LogP contribution in [0.3, 0.4) is 0 Å². The lowest BCUT2D eigenvalue weighted by molar-refractivity contribution is -0.129. The molecular formula is C25H27N11O2. The van der Waals surface area contributed by atoms with Crippen LogP contribution >= 0.6 is 0 Å². The van der Waals surface area contributed by atoms with Gasteiger partial charge in [-0.3, -0.25) is 14.3 Å². The molecule has 0 unspecified atom stereocenters. The lowest BCUT2D eigenvalue weighted by Gasteiger charge is -2.20. The molecule has 3 N–H and O–H groups in total. The maximum atomic E-state index is 12.3. The summed E-state index contributed by atoms with van der Waals surface area (Å²) in [7, 11) is 3.40. The Morgan fingerprint density at radius 1 is 1.13 bits per heavy atom. The number of nitrogens with two attached hydrogens (primary N) is 1. The maximum Gasteiger partial charge on any atom is 0.252 e. The fraction of sp³-hybridized carbons (Fsp3) is 0.320. The second kappa shape index (κ2) is 9.81. The molecule has 0 bridgehead atoms. The summed E-state index contributed by atoms with van der Waals surface area (Å²) in [6.07, 6.45) is 9.80. The molecule has 13 heteroatoms. The average Bonchev–Trinajstić information content (AvgIpc) is 3.63. The van der Waals surface area contributed by atoms with Crippen LogP contribution in [0.15, 0.2) is 43.2 Å². The Hall–Kier alpha value is -4.99. The molecule has 38 heavy (non-hydrogen) atoms. The van der Waals surface area contributed by atoms with Crippen molar-refractivity contribution in [3.8, 4) is 17.2 Å². The number of hydrogen-bond donors (Lipinski definition) is 2. The first kappa shape index (κ1) is 24.7. The minimum Gasteiger partial charge on any atom is -0.378 e. The maximum absolute atomic E-state index is 12.3. The van der Waals surface area contributed by atoms with E-state index < -0.39 is 5.91 Å². The molecule has 2 atom stereocenters. The highest BCUT2D eigenvalue weighted by molar-refractivity contribution is 6.02. The standard InChI is InChI=1S/C25H27N11O2/c1-15-10-34(25-28-6-16(5-26)7-29-25)13-20(15)32-23-19(24(27)38)9-31-36-12-17(4-21(23)36)18-8-30-35(11-18)14-22(37)33(2)3/h4,6-9,11-12,15,20,32H,10,13-14H2,1-3H3,(H2,27,38)/t15-,20-/m1/s1. The summed E-state index contributed by atoms with van der Waals surface area (Å²) in [4.78, 5) is 36.6. The molecule has 1 saturated heterocycles. The Bertz CT molecular complexity index is 1550. The van der Waals surface area contributed by atoms with Crippen LogP contribution in [0, 0.1) is 17.2 Å². The van der Waals surface area contributed by atoms with E-state index in [-0.39, 0.29) is 30.0 Å². The molecule has 13 nitrogen and oxygen atoms in total. The summed E-state index contributed by atoms with van der Waals surface area (Å²) in [6, 6.07) is 3.91. The van der Waals surface area contributed by atoms with Gasteiger partial charge in [-0.25, -0.2) is 14.5 Å². The molecule has 1 aliphatic rings. The Morgan fingerprint density at radius 2 is 1.89 bits per heavy atom. The third kappa shape index (κ3) is 4.71. The molecule has 4 aromatic heterocycles. The van der Waals surface area contributed by atoms with Crippen molar-refractivity contribution in [2.24, 2.45) is 11.7 Å². The van der Waals surface area contributed by atoms with Crippen molar-refractivity contribution in [2.45, 2.75) is 19.5 Å². The van der Waals surface area contributed by atoms with Gasteiger partial charge in [-0.1, -0.05) is 6.92 Å². The van der Waals surface area contributed by atoms with E-state index in [9.17, 15) is 9.59 Å². The Morgan fingerprint density at radius 3 is 2.58 bits per heavy atom. The van der Waals surface area contributed by atoms with Crippen LogP contribution in [0.25, 0.3) is 16.6 Å². The molecule has 1 aliphatic heterocycles.